The van der Waals surface area contributed by atoms with Crippen molar-refractivity contribution in [3.63, 3.8) is 0 Å². The zero-order chi connectivity index (χ0) is 9.26. The van der Waals surface area contributed by atoms with E-state index >= 15 is 0 Å². The molecule has 0 aromatic carbocycles. The molecule has 0 N–H and O–H groups in total. The van der Waals surface area contributed by atoms with Gasteiger partial charge in [-0.15, -0.1) is 21.8 Å². The van der Waals surface area contributed by atoms with Gasteiger partial charge in [0.05, 0.1) is 16.5 Å². The van der Waals surface area contributed by atoms with Crippen LogP contribution in [-0.2, 0) is 5.88 Å². The van der Waals surface area contributed by atoms with Crippen LogP contribution in [-0.4, -0.2) is 20.0 Å². The summed E-state index contributed by atoms with van der Waals surface area (Å²) in [6, 6.07) is 0. The maximum Gasteiger partial charge on any atom is 0.232 e. The third-order valence-electron chi connectivity index (χ3n) is 1.32. The normalized spacial score (nSPS) is 10.6. The van der Waals surface area contributed by atoms with Gasteiger partial charge in [0, 0.05) is 6.20 Å². The third kappa shape index (κ3) is 1.90. The Bertz CT molecular complexity index is 412. The summed E-state index contributed by atoms with van der Waals surface area (Å²) in [5, 5.41) is 13.4. The first-order chi connectivity index (χ1) is 6.29. The van der Waals surface area contributed by atoms with E-state index in [1.807, 2.05) is 6.20 Å². The van der Waals surface area contributed by atoms with Gasteiger partial charge in [-0.1, -0.05) is 11.3 Å². The van der Waals surface area contributed by atoms with Crippen LogP contribution in [0.5, 0.6) is 0 Å². The van der Waals surface area contributed by atoms with E-state index in [1.54, 1.807) is 10.9 Å². The highest BCUT2D eigenvalue weighted by atomic mass is 79.9. The van der Waals surface area contributed by atoms with Crippen LogP contribution >= 0.6 is 38.9 Å². The number of hydrogen-bond donors (Lipinski definition) is 0. The van der Waals surface area contributed by atoms with E-state index in [0.717, 1.165) is 14.6 Å². The molecule has 0 unspecified atom stereocenters. The molecule has 0 aliphatic rings. The van der Waals surface area contributed by atoms with E-state index in [0.29, 0.717) is 5.88 Å². The van der Waals surface area contributed by atoms with Crippen LogP contribution in [0.25, 0.3) is 5.13 Å². The summed E-state index contributed by atoms with van der Waals surface area (Å²) in [6.07, 6.45) is 3.51. The second-order valence-electron chi connectivity index (χ2n) is 2.22. The fraction of sp³-hybridized carbons (Fsp3) is 0.167. The fourth-order valence-electron chi connectivity index (χ4n) is 0.797. The first-order valence-electron chi connectivity index (χ1n) is 3.38. The lowest BCUT2D eigenvalue weighted by Crippen LogP contribution is -1.92. The summed E-state index contributed by atoms with van der Waals surface area (Å²) in [5.41, 5.74) is 0. The number of halogens is 2. The molecule has 0 bridgehead atoms. The molecule has 0 aliphatic carbocycles. The summed E-state index contributed by atoms with van der Waals surface area (Å²) in [5.74, 6) is 0.389. The Hall–Kier alpha value is -0.460. The Balaban J connectivity index is 2.35. The third-order valence-corrected chi connectivity index (χ3v) is 3.05. The zero-order valence-corrected chi connectivity index (χ0v) is 9.47. The minimum atomic E-state index is 0.389. The molecule has 13 heavy (non-hydrogen) atoms. The summed E-state index contributed by atoms with van der Waals surface area (Å²) < 4.78 is 2.56. The molecule has 4 nitrogen and oxygen atoms in total. The molecule has 68 valence electrons. The summed E-state index contributed by atoms with van der Waals surface area (Å²) in [4.78, 5) is 0. The SMILES string of the molecule is ClCc1nnc(-n2cc(Br)cn2)s1. The van der Waals surface area contributed by atoms with Gasteiger partial charge in [0.25, 0.3) is 0 Å². The van der Waals surface area contributed by atoms with E-state index in [1.165, 1.54) is 11.3 Å². The van der Waals surface area contributed by atoms with Crippen LogP contribution in [0.4, 0.5) is 0 Å². The van der Waals surface area contributed by atoms with Crippen LogP contribution in [0, 0.1) is 0 Å². The van der Waals surface area contributed by atoms with Crippen molar-refractivity contribution in [1.82, 2.24) is 20.0 Å². The smallest absolute Gasteiger partial charge is 0.211 e. The quantitative estimate of drug-likeness (QED) is 0.792. The largest absolute Gasteiger partial charge is 0.232 e. The Labute approximate surface area is 91.7 Å². The second kappa shape index (κ2) is 3.73. The molecule has 2 heterocycles. The average molecular weight is 280 g/mol. The molecule has 0 saturated heterocycles. The molecule has 0 aliphatic heterocycles. The van der Waals surface area contributed by atoms with Crippen molar-refractivity contribution in [3.8, 4) is 5.13 Å². The van der Waals surface area contributed by atoms with E-state index in [-0.39, 0.29) is 0 Å². The topological polar surface area (TPSA) is 43.6 Å². The van der Waals surface area contributed by atoms with Crippen molar-refractivity contribution >= 4 is 38.9 Å². The van der Waals surface area contributed by atoms with E-state index < -0.39 is 0 Å². The zero-order valence-electron chi connectivity index (χ0n) is 6.31. The monoisotopic (exact) mass is 278 g/mol. The Morgan fingerprint density at radius 2 is 2.38 bits per heavy atom. The molecule has 7 heteroatoms. The molecular weight excluding hydrogens is 276 g/mol. The first kappa shape index (κ1) is 9.11. The van der Waals surface area contributed by atoms with Crippen LogP contribution < -0.4 is 0 Å². The lowest BCUT2D eigenvalue weighted by atomic mass is 10.7. The lowest BCUT2D eigenvalue weighted by molar-refractivity contribution is 0.843. The predicted molar refractivity (Wildman–Crippen MR) is 54.3 cm³/mol. The summed E-state index contributed by atoms with van der Waals surface area (Å²) in [6.45, 7) is 0. The molecule has 2 aromatic rings. The van der Waals surface area contributed by atoms with Crippen molar-refractivity contribution in [3.05, 3.63) is 21.9 Å². The van der Waals surface area contributed by atoms with Crippen LogP contribution in [0.15, 0.2) is 16.9 Å². The van der Waals surface area contributed by atoms with E-state index in [2.05, 4.69) is 31.2 Å². The summed E-state index contributed by atoms with van der Waals surface area (Å²) >= 11 is 10.3. The number of alkyl halides is 1. The highest BCUT2D eigenvalue weighted by Crippen LogP contribution is 2.17. The number of nitrogens with zero attached hydrogens (tertiary/aromatic N) is 4. The number of rotatable bonds is 2. The van der Waals surface area contributed by atoms with Crippen molar-refractivity contribution in [2.24, 2.45) is 0 Å². The van der Waals surface area contributed by atoms with Gasteiger partial charge in [0.1, 0.15) is 5.01 Å². The van der Waals surface area contributed by atoms with Crippen molar-refractivity contribution in [2.75, 3.05) is 0 Å². The molecule has 0 atom stereocenters. The number of aromatic nitrogens is 4. The van der Waals surface area contributed by atoms with E-state index in [4.69, 9.17) is 11.6 Å². The van der Waals surface area contributed by atoms with E-state index in [9.17, 15) is 0 Å². The summed E-state index contributed by atoms with van der Waals surface area (Å²) in [7, 11) is 0. The Morgan fingerprint density at radius 3 is 2.92 bits per heavy atom. The lowest BCUT2D eigenvalue weighted by Gasteiger charge is -1.89. The molecule has 0 amide bonds. The maximum absolute atomic E-state index is 5.60. The van der Waals surface area contributed by atoms with Crippen LogP contribution in [0.1, 0.15) is 5.01 Å². The minimum Gasteiger partial charge on any atom is -0.211 e. The van der Waals surface area contributed by atoms with Crippen molar-refractivity contribution < 1.29 is 0 Å². The standard InChI is InChI=1S/C6H4BrClN4S/c7-4-2-9-12(3-4)6-11-10-5(1-8)13-6/h2-3H,1H2. The van der Waals surface area contributed by atoms with Gasteiger partial charge in [-0.2, -0.15) is 5.10 Å². The van der Waals surface area contributed by atoms with Gasteiger partial charge in [-0.25, -0.2) is 4.68 Å². The van der Waals surface area contributed by atoms with Gasteiger partial charge in [-0.3, -0.25) is 0 Å². The fourth-order valence-corrected chi connectivity index (χ4v) is 1.92. The van der Waals surface area contributed by atoms with Gasteiger partial charge in [0.2, 0.25) is 5.13 Å². The molecule has 2 rings (SSSR count). The predicted octanol–water partition coefficient (Wildman–Crippen LogP) is 2.23. The highest BCUT2D eigenvalue weighted by Gasteiger charge is 2.05. The molecule has 2 aromatic heterocycles. The number of hydrogen-bond acceptors (Lipinski definition) is 4. The van der Waals surface area contributed by atoms with Gasteiger partial charge < -0.3 is 0 Å². The van der Waals surface area contributed by atoms with Gasteiger partial charge in [0.15, 0.2) is 0 Å². The van der Waals surface area contributed by atoms with Crippen molar-refractivity contribution in [2.45, 2.75) is 5.88 Å². The first-order valence-corrected chi connectivity index (χ1v) is 5.53. The molecule has 0 spiro atoms. The van der Waals surface area contributed by atoms with Gasteiger partial charge >= 0.3 is 0 Å². The maximum atomic E-state index is 5.60. The molecule has 0 radical (unpaired) electrons. The molecular formula is C6H4BrClN4S. The Morgan fingerprint density at radius 1 is 1.54 bits per heavy atom. The molecule has 0 saturated carbocycles. The second-order valence-corrected chi connectivity index (χ2v) is 4.44. The Kier molecular flexibility index (Phi) is 2.61. The average Bonchev–Trinajstić information content (AvgIpc) is 2.71. The minimum absolute atomic E-state index is 0.389. The molecule has 0 fully saturated rings. The van der Waals surface area contributed by atoms with Crippen LogP contribution in [0.2, 0.25) is 0 Å². The van der Waals surface area contributed by atoms with Gasteiger partial charge in [-0.05, 0) is 15.9 Å². The van der Waals surface area contributed by atoms with Crippen LogP contribution in [0.3, 0.4) is 0 Å². The highest BCUT2D eigenvalue weighted by molar-refractivity contribution is 9.10. The van der Waals surface area contributed by atoms with Crippen molar-refractivity contribution in [1.29, 1.82) is 0 Å².